The van der Waals surface area contributed by atoms with Gasteiger partial charge in [0, 0.05) is 26.1 Å². The third-order valence-electron chi connectivity index (χ3n) is 4.76. The standard InChI is InChI=1S/C19H24FN5O2/c1-24(2)11-14-10-16(23-22-14)21-19(27)15-7-8-17(26)25(3)18(15)12-5-4-6-13(20)9-12/h4-6,9-10,15,18H,7-8,11H2,1-3H3,(H2,21,22,23,27). The van der Waals surface area contributed by atoms with E-state index in [2.05, 4.69) is 15.5 Å². The van der Waals surface area contributed by atoms with Gasteiger partial charge in [0.2, 0.25) is 11.8 Å². The molecule has 1 saturated heterocycles. The maximum atomic E-state index is 13.7. The number of nitrogens with zero attached hydrogens (tertiary/aromatic N) is 3. The fourth-order valence-corrected chi connectivity index (χ4v) is 3.53. The van der Waals surface area contributed by atoms with Gasteiger partial charge in [0.25, 0.3) is 0 Å². The molecule has 1 aliphatic rings. The van der Waals surface area contributed by atoms with E-state index in [1.807, 2.05) is 19.0 Å². The van der Waals surface area contributed by atoms with Crippen LogP contribution in [-0.2, 0) is 16.1 Å². The summed E-state index contributed by atoms with van der Waals surface area (Å²) in [5, 5.41) is 9.84. The summed E-state index contributed by atoms with van der Waals surface area (Å²) in [7, 11) is 5.54. The molecular formula is C19H24FN5O2. The van der Waals surface area contributed by atoms with Crippen molar-refractivity contribution in [3.63, 3.8) is 0 Å². The van der Waals surface area contributed by atoms with Crippen LogP contribution in [0.3, 0.4) is 0 Å². The summed E-state index contributed by atoms with van der Waals surface area (Å²) < 4.78 is 13.7. The lowest BCUT2D eigenvalue weighted by molar-refractivity contribution is -0.140. The number of aromatic amines is 1. The first kappa shape index (κ1) is 19.0. The van der Waals surface area contributed by atoms with Crippen LogP contribution < -0.4 is 5.32 Å². The number of carbonyl (C=O) groups excluding carboxylic acids is 2. The first-order chi connectivity index (χ1) is 12.8. The fourth-order valence-electron chi connectivity index (χ4n) is 3.53. The first-order valence-electron chi connectivity index (χ1n) is 8.86. The molecule has 144 valence electrons. The topological polar surface area (TPSA) is 81.3 Å². The molecular weight excluding hydrogens is 349 g/mol. The van der Waals surface area contributed by atoms with Gasteiger partial charge in [0.1, 0.15) is 5.82 Å². The van der Waals surface area contributed by atoms with Crippen molar-refractivity contribution in [1.29, 1.82) is 0 Å². The molecule has 1 aromatic heterocycles. The number of anilines is 1. The van der Waals surface area contributed by atoms with Gasteiger partial charge in [-0.2, -0.15) is 5.10 Å². The molecule has 0 saturated carbocycles. The summed E-state index contributed by atoms with van der Waals surface area (Å²) in [6, 6.07) is 7.33. The van der Waals surface area contributed by atoms with E-state index in [0.717, 1.165) is 5.69 Å². The quantitative estimate of drug-likeness (QED) is 0.842. The molecule has 0 radical (unpaired) electrons. The Morgan fingerprint density at radius 3 is 2.89 bits per heavy atom. The van der Waals surface area contributed by atoms with Crippen molar-refractivity contribution in [1.82, 2.24) is 20.0 Å². The molecule has 2 aromatic rings. The zero-order valence-electron chi connectivity index (χ0n) is 15.7. The zero-order valence-corrected chi connectivity index (χ0v) is 15.7. The molecule has 0 bridgehead atoms. The van der Waals surface area contributed by atoms with Crippen LogP contribution in [0.2, 0.25) is 0 Å². The minimum absolute atomic E-state index is 0.0543. The minimum Gasteiger partial charge on any atom is -0.338 e. The maximum absolute atomic E-state index is 13.7. The SMILES string of the molecule is CN(C)Cc1cc(NC(=O)C2CCC(=O)N(C)C2c2cccc(F)c2)n[nH]1. The van der Waals surface area contributed by atoms with Crippen LogP contribution in [0, 0.1) is 11.7 Å². The number of halogens is 1. The number of likely N-dealkylation sites (tertiary alicyclic amines) is 1. The molecule has 2 atom stereocenters. The second-order valence-corrected chi connectivity index (χ2v) is 7.16. The van der Waals surface area contributed by atoms with Crippen LogP contribution in [0.25, 0.3) is 0 Å². The molecule has 27 heavy (non-hydrogen) atoms. The van der Waals surface area contributed by atoms with Crippen molar-refractivity contribution in [2.24, 2.45) is 5.92 Å². The number of hydrogen-bond acceptors (Lipinski definition) is 4. The van der Waals surface area contributed by atoms with Gasteiger partial charge < -0.3 is 15.1 Å². The Morgan fingerprint density at radius 2 is 2.19 bits per heavy atom. The molecule has 0 aliphatic carbocycles. The molecule has 2 unspecified atom stereocenters. The number of carbonyl (C=O) groups is 2. The van der Waals surface area contributed by atoms with Crippen LogP contribution in [0.5, 0.6) is 0 Å². The van der Waals surface area contributed by atoms with E-state index in [1.54, 1.807) is 25.2 Å². The van der Waals surface area contributed by atoms with Gasteiger partial charge in [-0.1, -0.05) is 12.1 Å². The Morgan fingerprint density at radius 1 is 1.41 bits per heavy atom. The summed E-state index contributed by atoms with van der Waals surface area (Å²) in [6.45, 7) is 0.676. The van der Waals surface area contributed by atoms with E-state index in [4.69, 9.17) is 0 Å². The van der Waals surface area contributed by atoms with E-state index >= 15 is 0 Å². The Hall–Kier alpha value is -2.74. The van der Waals surface area contributed by atoms with E-state index < -0.39 is 17.8 Å². The number of piperidine rings is 1. The molecule has 0 spiro atoms. The van der Waals surface area contributed by atoms with Crippen molar-refractivity contribution < 1.29 is 14.0 Å². The Bertz CT molecular complexity index is 835. The monoisotopic (exact) mass is 373 g/mol. The van der Waals surface area contributed by atoms with Gasteiger partial charge in [0.15, 0.2) is 5.82 Å². The second-order valence-electron chi connectivity index (χ2n) is 7.16. The van der Waals surface area contributed by atoms with Gasteiger partial charge in [-0.25, -0.2) is 4.39 Å². The average molecular weight is 373 g/mol. The highest BCUT2D eigenvalue weighted by Crippen LogP contribution is 2.36. The predicted octanol–water partition coefficient (Wildman–Crippen LogP) is 2.16. The largest absolute Gasteiger partial charge is 0.338 e. The third-order valence-corrected chi connectivity index (χ3v) is 4.76. The minimum atomic E-state index is -0.512. The zero-order chi connectivity index (χ0) is 19.6. The molecule has 1 fully saturated rings. The van der Waals surface area contributed by atoms with Crippen molar-refractivity contribution in [3.8, 4) is 0 Å². The number of aromatic nitrogens is 2. The van der Waals surface area contributed by atoms with Crippen LogP contribution in [-0.4, -0.2) is 53.0 Å². The van der Waals surface area contributed by atoms with Crippen molar-refractivity contribution in [2.45, 2.75) is 25.4 Å². The van der Waals surface area contributed by atoms with E-state index in [9.17, 15) is 14.0 Å². The van der Waals surface area contributed by atoms with Crippen LogP contribution in [0.4, 0.5) is 10.2 Å². The van der Waals surface area contributed by atoms with Gasteiger partial charge in [-0.15, -0.1) is 0 Å². The van der Waals surface area contributed by atoms with E-state index in [1.165, 1.54) is 17.0 Å². The number of benzene rings is 1. The first-order valence-corrected chi connectivity index (χ1v) is 8.86. The normalized spacial score (nSPS) is 20.2. The molecule has 2 heterocycles. The Labute approximate surface area is 157 Å². The number of rotatable bonds is 5. The lowest BCUT2D eigenvalue weighted by Crippen LogP contribution is -2.44. The summed E-state index contributed by atoms with van der Waals surface area (Å²) in [5.41, 5.74) is 1.49. The van der Waals surface area contributed by atoms with Gasteiger partial charge >= 0.3 is 0 Å². The molecule has 2 N–H and O–H groups in total. The van der Waals surface area contributed by atoms with Gasteiger partial charge in [0.05, 0.1) is 17.7 Å². The van der Waals surface area contributed by atoms with E-state index in [-0.39, 0.29) is 18.2 Å². The Kier molecular flexibility index (Phi) is 5.55. The summed E-state index contributed by atoms with van der Waals surface area (Å²) in [5.74, 6) is -0.718. The van der Waals surface area contributed by atoms with Crippen molar-refractivity contribution in [2.75, 3.05) is 26.5 Å². The van der Waals surface area contributed by atoms with Crippen molar-refractivity contribution >= 4 is 17.6 Å². The van der Waals surface area contributed by atoms with E-state index in [0.29, 0.717) is 24.3 Å². The predicted molar refractivity (Wildman–Crippen MR) is 99.2 cm³/mol. The highest BCUT2D eigenvalue weighted by Gasteiger charge is 2.39. The number of amides is 2. The van der Waals surface area contributed by atoms with Crippen LogP contribution >= 0.6 is 0 Å². The summed E-state index contributed by atoms with van der Waals surface area (Å²) in [4.78, 5) is 28.6. The summed E-state index contributed by atoms with van der Waals surface area (Å²) in [6.07, 6.45) is 0.692. The smallest absolute Gasteiger partial charge is 0.231 e. The summed E-state index contributed by atoms with van der Waals surface area (Å²) >= 11 is 0. The van der Waals surface area contributed by atoms with Crippen molar-refractivity contribution in [3.05, 3.63) is 47.4 Å². The second kappa shape index (κ2) is 7.87. The molecule has 1 aliphatic heterocycles. The highest BCUT2D eigenvalue weighted by molar-refractivity contribution is 5.94. The number of nitrogens with one attached hydrogen (secondary N) is 2. The number of hydrogen-bond donors (Lipinski definition) is 2. The third kappa shape index (κ3) is 4.33. The molecule has 2 amide bonds. The molecule has 3 rings (SSSR count). The number of H-pyrrole nitrogens is 1. The van der Waals surface area contributed by atoms with Gasteiger partial charge in [-0.3, -0.25) is 14.7 Å². The lowest BCUT2D eigenvalue weighted by Gasteiger charge is -2.38. The Balaban J connectivity index is 1.80. The lowest BCUT2D eigenvalue weighted by atomic mass is 9.84. The highest BCUT2D eigenvalue weighted by atomic mass is 19.1. The van der Waals surface area contributed by atoms with Gasteiger partial charge in [-0.05, 0) is 38.2 Å². The maximum Gasteiger partial charge on any atom is 0.231 e. The van der Waals surface area contributed by atoms with Crippen LogP contribution in [0.15, 0.2) is 30.3 Å². The molecule has 1 aromatic carbocycles. The fraction of sp³-hybridized carbons (Fsp3) is 0.421. The molecule has 8 heteroatoms. The van der Waals surface area contributed by atoms with Crippen LogP contribution in [0.1, 0.15) is 30.1 Å². The average Bonchev–Trinajstić information content (AvgIpc) is 3.03. The molecule has 7 nitrogen and oxygen atoms in total.